The zero-order chi connectivity index (χ0) is 10.1. The second-order valence-corrected chi connectivity index (χ2v) is 3.89. The van der Waals surface area contributed by atoms with Crippen LogP contribution in [-0.2, 0) is 0 Å². The second-order valence-electron chi connectivity index (χ2n) is 3.52. The predicted octanol–water partition coefficient (Wildman–Crippen LogP) is 1.08. The molecule has 2 heterocycles. The third kappa shape index (κ3) is 1.62. The van der Waals surface area contributed by atoms with E-state index in [1.807, 2.05) is 0 Å². The fourth-order valence-electron chi connectivity index (χ4n) is 1.60. The Bertz CT molecular complexity index is 390. The summed E-state index contributed by atoms with van der Waals surface area (Å²) in [5.41, 5.74) is 0.389. The van der Waals surface area contributed by atoms with Crippen molar-refractivity contribution < 1.29 is 0 Å². The van der Waals surface area contributed by atoms with Crippen LogP contribution in [0.5, 0.6) is 0 Å². The van der Waals surface area contributed by atoms with Gasteiger partial charge in [0.05, 0.1) is 11.9 Å². The molecule has 0 bridgehead atoms. The van der Waals surface area contributed by atoms with E-state index >= 15 is 0 Å². The minimum Gasteiger partial charge on any atom is -0.368 e. The van der Waals surface area contributed by atoms with Crippen molar-refractivity contribution in [1.82, 2.24) is 10.2 Å². The first-order chi connectivity index (χ1) is 6.68. The van der Waals surface area contributed by atoms with Crippen molar-refractivity contribution in [2.45, 2.75) is 6.92 Å². The molecule has 1 N–H and O–H groups in total. The van der Waals surface area contributed by atoms with Crippen LogP contribution >= 0.6 is 11.6 Å². The fraction of sp³-hybridized carbons (Fsp3) is 0.444. The number of hydrogen-bond donors (Lipinski definition) is 1. The largest absolute Gasteiger partial charge is 0.368 e. The lowest BCUT2D eigenvalue weighted by atomic mass is 10.2. The van der Waals surface area contributed by atoms with Gasteiger partial charge in [0.1, 0.15) is 5.02 Å². The normalized spacial score (nSPS) is 21.6. The molecular weight excluding hydrogens is 202 g/mol. The molecule has 0 unspecified atom stereocenters. The summed E-state index contributed by atoms with van der Waals surface area (Å²) in [6, 6.07) is 0. The summed E-state index contributed by atoms with van der Waals surface area (Å²) in [4.78, 5) is 13.2. The monoisotopic (exact) mass is 212 g/mol. The van der Waals surface area contributed by atoms with Crippen molar-refractivity contribution >= 4 is 17.3 Å². The van der Waals surface area contributed by atoms with E-state index in [1.165, 1.54) is 0 Å². The molecule has 75 valence electrons. The van der Waals surface area contributed by atoms with Gasteiger partial charge < -0.3 is 4.90 Å². The SMILES string of the molecule is C[C@H]1[CH]CN(c2cn[nH]c(=O)c2Cl)C1. The number of aromatic nitrogens is 2. The van der Waals surface area contributed by atoms with Crippen LogP contribution in [0.25, 0.3) is 0 Å². The van der Waals surface area contributed by atoms with E-state index in [2.05, 4.69) is 28.4 Å². The van der Waals surface area contributed by atoms with Gasteiger partial charge in [0.15, 0.2) is 0 Å². The number of nitrogens with zero attached hydrogens (tertiary/aromatic N) is 2. The highest BCUT2D eigenvalue weighted by Gasteiger charge is 2.22. The molecule has 14 heavy (non-hydrogen) atoms. The van der Waals surface area contributed by atoms with E-state index in [9.17, 15) is 4.79 Å². The molecule has 0 aliphatic carbocycles. The van der Waals surface area contributed by atoms with Crippen molar-refractivity contribution in [3.8, 4) is 0 Å². The van der Waals surface area contributed by atoms with E-state index in [0.29, 0.717) is 5.92 Å². The Morgan fingerprint density at radius 1 is 1.71 bits per heavy atom. The zero-order valence-electron chi connectivity index (χ0n) is 7.83. The number of nitrogens with one attached hydrogen (secondary N) is 1. The number of aromatic amines is 1. The van der Waals surface area contributed by atoms with Crippen molar-refractivity contribution in [2.75, 3.05) is 18.0 Å². The highest BCUT2D eigenvalue weighted by atomic mass is 35.5. The van der Waals surface area contributed by atoms with Crippen LogP contribution < -0.4 is 10.5 Å². The highest BCUT2D eigenvalue weighted by molar-refractivity contribution is 6.33. The standard InChI is InChI=1S/C9H11ClN3O/c1-6-2-3-13(5-6)7-4-11-12-9(14)8(7)10/h2,4,6H,3,5H2,1H3,(H,12,14)/t6-/m0/s1. The molecule has 0 amide bonds. The maximum atomic E-state index is 11.2. The second kappa shape index (κ2) is 3.61. The average molecular weight is 213 g/mol. The number of hydrogen-bond acceptors (Lipinski definition) is 3. The molecule has 0 aromatic carbocycles. The van der Waals surface area contributed by atoms with E-state index in [0.717, 1.165) is 18.8 Å². The first-order valence-corrected chi connectivity index (χ1v) is 4.87. The predicted molar refractivity (Wildman–Crippen MR) is 55.5 cm³/mol. The summed E-state index contributed by atoms with van der Waals surface area (Å²) < 4.78 is 0. The fourth-order valence-corrected chi connectivity index (χ4v) is 1.81. The van der Waals surface area contributed by atoms with Gasteiger partial charge in [-0.3, -0.25) is 4.79 Å². The highest BCUT2D eigenvalue weighted by Crippen LogP contribution is 2.26. The minimum absolute atomic E-state index is 0.225. The minimum atomic E-state index is -0.330. The Balaban J connectivity index is 2.33. The summed E-state index contributed by atoms with van der Waals surface area (Å²) in [7, 11) is 0. The van der Waals surface area contributed by atoms with Crippen LogP contribution in [0.3, 0.4) is 0 Å². The van der Waals surface area contributed by atoms with Crippen LogP contribution in [0.4, 0.5) is 5.69 Å². The third-order valence-electron chi connectivity index (χ3n) is 2.35. The van der Waals surface area contributed by atoms with Crippen LogP contribution in [-0.4, -0.2) is 23.3 Å². The van der Waals surface area contributed by atoms with Crippen molar-refractivity contribution in [1.29, 1.82) is 0 Å². The Morgan fingerprint density at radius 3 is 3.14 bits per heavy atom. The smallest absolute Gasteiger partial charge is 0.285 e. The summed E-state index contributed by atoms with van der Waals surface area (Å²) in [5, 5.41) is 6.26. The van der Waals surface area contributed by atoms with Gasteiger partial charge in [-0.2, -0.15) is 5.10 Å². The lowest BCUT2D eigenvalue weighted by Crippen LogP contribution is -2.23. The molecule has 1 fully saturated rings. The molecule has 0 spiro atoms. The van der Waals surface area contributed by atoms with Gasteiger partial charge in [0, 0.05) is 13.1 Å². The van der Waals surface area contributed by atoms with Crippen LogP contribution in [0.2, 0.25) is 5.02 Å². The van der Waals surface area contributed by atoms with Gasteiger partial charge in [-0.05, 0) is 12.3 Å². The molecule has 1 aliphatic heterocycles. The van der Waals surface area contributed by atoms with Gasteiger partial charge in [0.2, 0.25) is 0 Å². The molecule has 1 aromatic rings. The molecule has 1 radical (unpaired) electrons. The summed E-state index contributed by atoms with van der Waals surface area (Å²) in [5.74, 6) is 0.533. The third-order valence-corrected chi connectivity index (χ3v) is 2.72. The summed E-state index contributed by atoms with van der Waals surface area (Å²) >= 11 is 5.88. The maximum Gasteiger partial charge on any atom is 0.285 e. The van der Waals surface area contributed by atoms with E-state index in [-0.39, 0.29) is 10.6 Å². The Labute approximate surface area is 86.9 Å². The average Bonchev–Trinajstić information content (AvgIpc) is 2.57. The quantitative estimate of drug-likeness (QED) is 0.758. The molecule has 1 aliphatic rings. The molecule has 1 atom stereocenters. The van der Waals surface area contributed by atoms with E-state index < -0.39 is 0 Å². The Kier molecular flexibility index (Phi) is 2.46. The van der Waals surface area contributed by atoms with Gasteiger partial charge in [-0.1, -0.05) is 18.5 Å². The van der Waals surface area contributed by atoms with Crippen LogP contribution in [0.1, 0.15) is 6.92 Å². The molecule has 5 heteroatoms. The molecule has 1 aromatic heterocycles. The van der Waals surface area contributed by atoms with Gasteiger partial charge in [-0.15, -0.1) is 0 Å². The van der Waals surface area contributed by atoms with E-state index in [1.54, 1.807) is 6.20 Å². The van der Waals surface area contributed by atoms with Crippen molar-refractivity contribution in [3.05, 3.63) is 28.0 Å². The molecule has 2 rings (SSSR count). The lowest BCUT2D eigenvalue weighted by molar-refractivity contribution is 0.751. The lowest BCUT2D eigenvalue weighted by Gasteiger charge is -2.17. The van der Waals surface area contributed by atoms with E-state index in [4.69, 9.17) is 11.6 Å². The van der Waals surface area contributed by atoms with Crippen molar-refractivity contribution in [3.63, 3.8) is 0 Å². The molecule has 4 nitrogen and oxygen atoms in total. The molecule has 1 saturated heterocycles. The molecular formula is C9H11ClN3O. The van der Waals surface area contributed by atoms with Gasteiger partial charge >= 0.3 is 0 Å². The Morgan fingerprint density at radius 2 is 2.50 bits per heavy atom. The number of rotatable bonds is 1. The zero-order valence-corrected chi connectivity index (χ0v) is 8.58. The van der Waals surface area contributed by atoms with Crippen LogP contribution in [0, 0.1) is 12.3 Å². The van der Waals surface area contributed by atoms with Crippen LogP contribution in [0.15, 0.2) is 11.0 Å². The van der Waals surface area contributed by atoms with Gasteiger partial charge in [-0.25, -0.2) is 5.10 Å². The summed E-state index contributed by atoms with van der Waals surface area (Å²) in [6.45, 7) is 3.85. The number of anilines is 1. The first kappa shape index (κ1) is 9.52. The van der Waals surface area contributed by atoms with Crippen molar-refractivity contribution in [2.24, 2.45) is 5.92 Å². The maximum absolute atomic E-state index is 11.2. The summed E-state index contributed by atoms with van der Waals surface area (Å²) in [6.07, 6.45) is 3.78. The number of halogens is 1. The number of H-pyrrole nitrogens is 1. The van der Waals surface area contributed by atoms with Gasteiger partial charge in [0.25, 0.3) is 5.56 Å². The first-order valence-electron chi connectivity index (χ1n) is 4.50. The Hall–Kier alpha value is -1.03. The molecule has 0 saturated carbocycles. The topological polar surface area (TPSA) is 49.0 Å².